The van der Waals surface area contributed by atoms with Crippen LogP contribution in [0.4, 0.5) is 5.69 Å². The van der Waals surface area contributed by atoms with Crippen LogP contribution in [0.3, 0.4) is 0 Å². The Balaban J connectivity index is 1.66. The Morgan fingerprint density at radius 3 is 2.54 bits per heavy atom. The van der Waals surface area contributed by atoms with Gasteiger partial charge in [-0.3, -0.25) is 10.1 Å². The Morgan fingerprint density at radius 2 is 1.86 bits per heavy atom. The highest BCUT2D eigenvalue weighted by Gasteiger charge is 2.15. The lowest BCUT2D eigenvalue weighted by molar-refractivity contribution is -0.384. The number of esters is 1. The molecule has 3 rings (SSSR count). The first-order chi connectivity index (χ1) is 13.3. The van der Waals surface area contributed by atoms with Gasteiger partial charge in [0.05, 0.1) is 15.0 Å². The number of nitro groups is 1. The lowest BCUT2D eigenvalue weighted by Crippen LogP contribution is -2.15. The molecule has 3 aromatic rings. The largest absolute Gasteiger partial charge is 0.478 e. The fourth-order valence-electron chi connectivity index (χ4n) is 2.48. The van der Waals surface area contributed by atoms with Crippen molar-refractivity contribution in [2.24, 2.45) is 0 Å². The molecule has 2 aromatic carbocycles. The van der Waals surface area contributed by atoms with Crippen molar-refractivity contribution in [3.8, 4) is 5.75 Å². The van der Waals surface area contributed by atoms with E-state index in [1.54, 1.807) is 6.07 Å². The highest BCUT2D eigenvalue weighted by molar-refractivity contribution is 6.39. The minimum atomic E-state index is -0.620. The summed E-state index contributed by atoms with van der Waals surface area (Å²) >= 11 is 12.4. The smallest absolute Gasteiger partial charge is 0.344 e. The molecule has 0 fully saturated rings. The van der Waals surface area contributed by atoms with Crippen LogP contribution in [0.2, 0.25) is 10.0 Å². The van der Waals surface area contributed by atoms with E-state index in [0.29, 0.717) is 21.5 Å². The molecule has 0 atom stereocenters. The van der Waals surface area contributed by atoms with Gasteiger partial charge in [0, 0.05) is 23.2 Å². The third kappa shape index (κ3) is 4.49. The summed E-state index contributed by atoms with van der Waals surface area (Å²) in [5.74, 6) is -0.373. The second-order valence-electron chi connectivity index (χ2n) is 5.89. The van der Waals surface area contributed by atoms with Gasteiger partial charge in [-0.05, 0) is 42.8 Å². The molecule has 0 bridgehead atoms. The summed E-state index contributed by atoms with van der Waals surface area (Å²) in [6.45, 7) is 1.40. The minimum absolute atomic E-state index is 0.0351. The monoisotopic (exact) mass is 420 g/mol. The van der Waals surface area contributed by atoms with E-state index in [9.17, 15) is 14.9 Å². The van der Waals surface area contributed by atoms with Crippen LogP contribution in [0.25, 0.3) is 10.9 Å². The zero-order valence-electron chi connectivity index (χ0n) is 14.6. The van der Waals surface area contributed by atoms with Gasteiger partial charge in [0.15, 0.2) is 12.4 Å². The summed E-state index contributed by atoms with van der Waals surface area (Å²) in [4.78, 5) is 26.5. The molecule has 0 spiro atoms. The van der Waals surface area contributed by atoms with Gasteiger partial charge < -0.3 is 9.47 Å². The fraction of sp³-hybridized carbons (Fsp3) is 0.158. The molecule has 0 aliphatic heterocycles. The van der Waals surface area contributed by atoms with Crippen molar-refractivity contribution < 1.29 is 19.2 Å². The van der Waals surface area contributed by atoms with Crippen LogP contribution in [-0.4, -0.2) is 22.5 Å². The quantitative estimate of drug-likeness (QED) is 0.320. The first kappa shape index (κ1) is 19.9. The van der Waals surface area contributed by atoms with Crippen molar-refractivity contribution in [1.29, 1.82) is 0 Å². The fourth-order valence-corrected chi connectivity index (χ4v) is 3.05. The maximum Gasteiger partial charge on any atom is 0.344 e. The standard InChI is InChI=1S/C19H14Cl2N2O5/c1-11-2-7-14-15(20)8-16(21)19(18(14)22-11)28-10-17(24)27-9-12-3-5-13(6-4-12)23(25)26/h2-8H,9-10H2,1H3. The van der Waals surface area contributed by atoms with Crippen molar-refractivity contribution in [1.82, 2.24) is 4.98 Å². The van der Waals surface area contributed by atoms with Crippen LogP contribution in [0.1, 0.15) is 11.3 Å². The molecule has 0 N–H and O–H groups in total. The second-order valence-corrected chi connectivity index (χ2v) is 6.71. The van der Waals surface area contributed by atoms with Crippen molar-refractivity contribution in [3.63, 3.8) is 0 Å². The number of halogens is 2. The maximum absolute atomic E-state index is 12.0. The van der Waals surface area contributed by atoms with Gasteiger partial charge in [-0.15, -0.1) is 0 Å². The molecule has 28 heavy (non-hydrogen) atoms. The normalized spacial score (nSPS) is 10.7. The van der Waals surface area contributed by atoms with Gasteiger partial charge in [0.25, 0.3) is 5.69 Å². The number of aryl methyl sites for hydroxylation is 1. The van der Waals surface area contributed by atoms with E-state index in [1.807, 2.05) is 13.0 Å². The number of rotatable bonds is 6. The number of nitrogens with zero attached hydrogens (tertiary/aromatic N) is 2. The summed E-state index contributed by atoms with van der Waals surface area (Å²) < 4.78 is 10.7. The van der Waals surface area contributed by atoms with Gasteiger partial charge >= 0.3 is 5.97 Å². The van der Waals surface area contributed by atoms with Crippen molar-refractivity contribution >= 4 is 45.8 Å². The second kappa shape index (κ2) is 8.41. The zero-order valence-corrected chi connectivity index (χ0v) is 16.2. The summed E-state index contributed by atoms with van der Waals surface area (Å²) in [6.07, 6.45) is 0. The lowest BCUT2D eigenvalue weighted by atomic mass is 10.2. The van der Waals surface area contributed by atoms with E-state index in [-0.39, 0.29) is 29.7 Å². The summed E-state index contributed by atoms with van der Waals surface area (Å²) in [6, 6.07) is 10.9. The molecule has 0 saturated carbocycles. The Morgan fingerprint density at radius 1 is 1.14 bits per heavy atom. The van der Waals surface area contributed by atoms with Gasteiger partial charge in [0.2, 0.25) is 0 Å². The predicted molar refractivity (Wildman–Crippen MR) is 105 cm³/mol. The Hall–Kier alpha value is -2.90. The molecule has 0 unspecified atom stereocenters. The molecule has 0 radical (unpaired) electrons. The molecule has 0 aliphatic rings. The average Bonchev–Trinajstić information content (AvgIpc) is 2.66. The molecular weight excluding hydrogens is 407 g/mol. The number of pyridine rings is 1. The highest BCUT2D eigenvalue weighted by Crippen LogP contribution is 2.37. The van der Waals surface area contributed by atoms with Gasteiger partial charge in [-0.25, -0.2) is 9.78 Å². The van der Waals surface area contributed by atoms with Gasteiger partial charge in [-0.2, -0.15) is 0 Å². The predicted octanol–water partition coefficient (Wildman–Crippen LogP) is 4.88. The summed E-state index contributed by atoms with van der Waals surface area (Å²) in [5.41, 5.74) is 1.79. The topological polar surface area (TPSA) is 91.6 Å². The van der Waals surface area contributed by atoms with Crippen molar-refractivity contribution in [2.75, 3.05) is 6.61 Å². The van der Waals surface area contributed by atoms with Crippen LogP contribution in [0, 0.1) is 17.0 Å². The number of non-ortho nitro benzene ring substituents is 1. The zero-order chi connectivity index (χ0) is 20.3. The number of carbonyl (C=O) groups is 1. The Labute approximate surface area is 169 Å². The molecule has 0 amide bonds. The van der Waals surface area contributed by atoms with Crippen LogP contribution >= 0.6 is 23.2 Å². The van der Waals surface area contributed by atoms with Gasteiger partial charge in [0.1, 0.15) is 12.1 Å². The van der Waals surface area contributed by atoms with E-state index >= 15 is 0 Å². The van der Waals surface area contributed by atoms with E-state index in [0.717, 1.165) is 5.69 Å². The number of benzene rings is 2. The van der Waals surface area contributed by atoms with Crippen LogP contribution < -0.4 is 4.74 Å². The molecule has 144 valence electrons. The highest BCUT2D eigenvalue weighted by atomic mass is 35.5. The SMILES string of the molecule is Cc1ccc2c(Cl)cc(Cl)c(OCC(=O)OCc3ccc([N+](=O)[O-])cc3)c2n1. The number of hydrogen-bond acceptors (Lipinski definition) is 6. The maximum atomic E-state index is 12.0. The van der Waals surface area contributed by atoms with Crippen molar-refractivity contribution in [2.45, 2.75) is 13.5 Å². The number of nitro benzene ring substituents is 1. The molecular formula is C19H14Cl2N2O5. The van der Waals surface area contributed by atoms with Crippen LogP contribution in [0.15, 0.2) is 42.5 Å². The molecule has 1 aromatic heterocycles. The van der Waals surface area contributed by atoms with E-state index < -0.39 is 10.9 Å². The number of aromatic nitrogens is 1. The van der Waals surface area contributed by atoms with Crippen LogP contribution in [-0.2, 0) is 16.1 Å². The molecule has 0 saturated heterocycles. The first-order valence-electron chi connectivity index (χ1n) is 8.12. The van der Waals surface area contributed by atoms with E-state index in [2.05, 4.69) is 4.98 Å². The molecule has 0 aliphatic carbocycles. The summed E-state index contributed by atoms with van der Waals surface area (Å²) in [5, 5.41) is 12.0. The number of hydrogen-bond donors (Lipinski definition) is 0. The lowest BCUT2D eigenvalue weighted by Gasteiger charge is -2.12. The van der Waals surface area contributed by atoms with Gasteiger partial charge in [-0.1, -0.05) is 23.2 Å². The number of fused-ring (bicyclic) bond motifs is 1. The molecule has 7 nitrogen and oxygen atoms in total. The first-order valence-corrected chi connectivity index (χ1v) is 8.88. The third-order valence-corrected chi connectivity index (χ3v) is 4.45. The molecule has 1 heterocycles. The number of carbonyl (C=O) groups excluding carboxylic acids is 1. The average molecular weight is 421 g/mol. The van der Waals surface area contributed by atoms with E-state index in [1.165, 1.54) is 30.3 Å². The minimum Gasteiger partial charge on any atom is -0.478 e. The summed E-state index contributed by atoms with van der Waals surface area (Å²) in [7, 11) is 0. The van der Waals surface area contributed by atoms with Crippen LogP contribution in [0.5, 0.6) is 5.75 Å². The van der Waals surface area contributed by atoms with E-state index in [4.69, 9.17) is 32.7 Å². The molecule has 9 heteroatoms. The number of ether oxygens (including phenoxy) is 2. The third-order valence-electron chi connectivity index (χ3n) is 3.86. The van der Waals surface area contributed by atoms with Crippen molar-refractivity contribution in [3.05, 3.63) is 73.9 Å². The Bertz CT molecular complexity index is 1050. The Kier molecular flexibility index (Phi) is 5.96.